The number of carbonyl (C=O) groups excluding carboxylic acids is 1. The second-order valence-corrected chi connectivity index (χ2v) is 9.48. The van der Waals surface area contributed by atoms with E-state index >= 15 is 0 Å². The summed E-state index contributed by atoms with van der Waals surface area (Å²) in [5.74, 6) is -0.698. The van der Waals surface area contributed by atoms with Crippen LogP contribution in [0.25, 0.3) is 11.1 Å². The number of hydrogen-bond donors (Lipinski definition) is 2. The van der Waals surface area contributed by atoms with Gasteiger partial charge in [-0.15, -0.1) is 0 Å². The van der Waals surface area contributed by atoms with E-state index in [2.05, 4.69) is 5.32 Å². The van der Waals surface area contributed by atoms with Crippen molar-refractivity contribution in [2.75, 3.05) is 50.1 Å². The number of pyridine rings is 1. The van der Waals surface area contributed by atoms with Crippen molar-refractivity contribution in [1.82, 2.24) is 9.47 Å². The first-order valence-electron chi connectivity index (χ1n) is 12.5. The summed E-state index contributed by atoms with van der Waals surface area (Å²) in [4.78, 5) is 40.4. The molecule has 3 aromatic rings. The maximum absolute atomic E-state index is 13.4. The van der Waals surface area contributed by atoms with E-state index in [9.17, 15) is 32.7 Å². The first kappa shape index (κ1) is 28.7. The second kappa shape index (κ2) is 11.8. The van der Waals surface area contributed by atoms with Crippen molar-refractivity contribution >= 4 is 23.4 Å². The summed E-state index contributed by atoms with van der Waals surface area (Å²) in [7, 11) is 1.42. The van der Waals surface area contributed by atoms with Gasteiger partial charge in [-0.05, 0) is 54.4 Å². The molecule has 1 aliphatic heterocycles. The molecule has 2 heterocycles. The minimum Gasteiger partial charge on any atom is -0.465 e. The topological polar surface area (TPSA) is 104 Å². The number of benzene rings is 2. The van der Waals surface area contributed by atoms with E-state index in [1.54, 1.807) is 30.5 Å². The molecule has 0 bridgehead atoms. The quantitative estimate of drug-likeness (QED) is 0.441. The Labute approximate surface area is 228 Å². The summed E-state index contributed by atoms with van der Waals surface area (Å²) in [6.45, 7) is 4.02. The number of morpholine rings is 1. The number of halogens is 3. The molecule has 9 nitrogen and oxygen atoms in total. The molecule has 1 aliphatic rings. The van der Waals surface area contributed by atoms with Gasteiger partial charge in [0.15, 0.2) is 0 Å². The Morgan fingerprint density at radius 1 is 1.10 bits per heavy atom. The van der Waals surface area contributed by atoms with E-state index in [0.29, 0.717) is 48.8 Å². The number of anilines is 2. The zero-order valence-electron chi connectivity index (χ0n) is 22.0. The van der Waals surface area contributed by atoms with Crippen molar-refractivity contribution in [2.45, 2.75) is 19.6 Å². The summed E-state index contributed by atoms with van der Waals surface area (Å²) in [6.07, 6.45) is -4.05. The molecule has 12 heteroatoms. The maximum Gasteiger partial charge on any atom is 0.416 e. The maximum atomic E-state index is 13.4. The van der Waals surface area contributed by atoms with E-state index in [0.717, 1.165) is 22.6 Å². The van der Waals surface area contributed by atoms with Crippen LogP contribution in [0.1, 0.15) is 21.5 Å². The van der Waals surface area contributed by atoms with Crippen molar-refractivity contribution in [3.63, 3.8) is 0 Å². The number of aryl methyl sites for hydroxylation is 1. The molecule has 0 spiro atoms. The minimum absolute atomic E-state index is 0.0906. The third-order valence-electron chi connectivity index (χ3n) is 6.68. The lowest BCUT2D eigenvalue weighted by Crippen LogP contribution is -2.41. The number of likely N-dealkylation sites (N-methyl/N-ethyl adjacent to an activating group) is 1. The van der Waals surface area contributed by atoms with Crippen molar-refractivity contribution < 1.29 is 32.6 Å². The fraction of sp³-hybridized carbons (Fsp3) is 0.321. The van der Waals surface area contributed by atoms with Crippen LogP contribution in [0.15, 0.2) is 59.5 Å². The summed E-state index contributed by atoms with van der Waals surface area (Å²) < 4.78 is 46.2. The fourth-order valence-corrected chi connectivity index (χ4v) is 4.37. The lowest BCUT2D eigenvalue weighted by molar-refractivity contribution is -0.137. The first-order chi connectivity index (χ1) is 18.9. The van der Waals surface area contributed by atoms with Gasteiger partial charge in [0.25, 0.3) is 11.5 Å². The van der Waals surface area contributed by atoms with Gasteiger partial charge in [-0.25, -0.2) is 4.79 Å². The van der Waals surface area contributed by atoms with E-state index in [1.165, 1.54) is 23.7 Å². The Hall–Kier alpha value is -4.32. The molecule has 0 unspecified atom stereocenters. The van der Waals surface area contributed by atoms with Crippen LogP contribution in [0.2, 0.25) is 0 Å². The van der Waals surface area contributed by atoms with Gasteiger partial charge >= 0.3 is 12.3 Å². The number of aromatic nitrogens is 1. The van der Waals surface area contributed by atoms with Crippen LogP contribution in [-0.2, 0) is 17.5 Å². The van der Waals surface area contributed by atoms with Crippen molar-refractivity contribution in [3.05, 3.63) is 81.8 Å². The standard InChI is InChI=1S/C28H29F3N4O5/c1-18-6-7-22(32-25(36)19-4-3-5-21(14-19)28(29,30)31)16-23(18)20-15-24(34-10-12-40-13-11-34)26(37)35(17-20)9-8-33(2)27(38)39/h3-7,14-17H,8-13H2,1-2H3,(H,32,36)(H,38,39). The fourth-order valence-electron chi connectivity index (χ4n) is 4.37. The molecule has 0 saturated carbocycles. The van der Waals surface area contributed by atoms with E-state index in [1.807, 2.05) is 11.8 Å². The first-order valence-corrected chi connectivity index (χ1v) is 12.5. The number of ether oxygens (including phenoxy) is 1. The Morgan fingerprint density at radius 2 is 1.82 bits per heavy atom. The lowest BCUT2D eigenvalue weighted by atomic mass is 10.00. The summed E-state index contributed by atoms with van der Waals surface area (Å²) >= 11 is 0. The normalized spacial score (nSPS) is 13.7. The van der Waals surface area contributed by atoms with Gasteiger partial charge < -0.3 is 29.5 Å². The molecule has 0 radical (unpaired) electrons. The zero-order chi connectivity index (χ0) is 29.0. The van der Waals surface area contributed by atoms with Gasteiger partial charge in [0, 0.05) is 56.2 Å². The van der Waals surface area contributed by atoms with Crippen molar-refractivity contribution in [1.29, 1.82) is 0 Å². The predicted molar refractivity (Wildman–Crippen MR) is 144 cm³/mol. The molecule has 1 aromatic heterocycles. The molecule has 0 aliphatic carbocycles. The molecular weight excluding hydrogens is 529 g/mol. The minimum atomic E-state index is -4.58. The van der Waals surface area contributed by atoms with Crippen LogP contribution >= 0.6 is 0 Å². The Bertz CT molecular complexity index is 1470. The Morgan fingerprint density at radius 3 is 2.50 bits per heavy atom. The van der Waals surface area contributed by atoms with Gasteiger partial charge in [0.1, 0.15) is 5.69 Å². The lowest BCUT2D eigenvalue weighted by Gasteiger charge is -2.29. The van der Waals surface area contributed by atoms with E-state index < -0.39 is 23.7 Å². The number of nitrogens with zero attached hydrogens (tertiary/aromatic N) is 3. The van der Waals surface area contributed by atoms with Gasteiger partial charge in [0.2, 0.25) is 0 Å². The molecule has 212 valence electrons. The summed E-state index contributed by atoms with van der Waals surface area (Å²) in [6, 6.07) is 11.0. The SMILES string of the molecule is Cc1ccc(NC(=O)c2cccc(C(F)(F)F)c2)cc1-c1cc(N2CCOCC2)c(=O)n(CCN(C)C(=O)O)c1. The molecule has 40 heavy (non-hydrogen) atoms. The Kier molecular flexibility index (Phi) is 8.48. The number of nitrogens with one attached hydrogen (secondary N) is 1. The number of amides is 2. The van der Waals surface area contributed by atoms with Crippen LogP contribution in [0.4, 0.5) is 29.3 Å². The molecule has 0 atom stereocenters. The molecule has 2 N–H and O–H groups in total. The highest BCUT2D eigenvalue weighted by molar-refractivity contribution is 6.04. The second-order valence-electron chi connectivity index (χ2n) is 9.48. The molecular formula is C28H29F3N4O5. The average molecular weight is 559 g/mol. The van der Waals surface area contributed by atoms with Gasteiger partial charge in [-0.3, -0.25) is 9.59 Å². The molecule has 4 rings (SSSR count). The van der Waals surface area contributed by atoms with Crippen LogP contribution in [-0.4, -0.2) is 66.5 Å². The number of carboxylic acid groups (broad SMARTS) is 1. The highest BCUT2D eigenvalue weighted by Crippen LogP contribution is 2.31. The van der Waals surface area contributed by atoms with Crippen LogP contribution in [0.5, 0.6) is 0 Å². The molecule has 2 amide bonds. The molecule has 1 saturated heterocycles. The van der Waals surface area contributed by atoms with Crippen LogP contribution in [0, 0.1) is 6.92 Å². The number of alkyl halides is 3. The smallest absolute Gasteiger partial charge is 0.416 e. The predicted octanol–water partition coefficient (Wildman–Crippen LogP) is 4.54. The van der Waals surface area contributed by atoms with Crippen molar-refractivity contribution in [3.8, 4) is 11.1 Å². The third-order valence-corrected chi connectivity index (χ3v) is 6.68. The van der Waals surface area contributed by atoms with E-state index in [-0.39, 0.29) is 24.2 Å². The summed E-state index contributed by atoms with van der Waals surface area (Å²) in [5.41, 5.74) is 1.66. The van der Waals surface area contributed by atoms with Crippen LogP contribution < -0.4 is 15.8 Å². The highest BCUT2D eigenvalue weighted by atomic mass is 19.4. The molecule has 1 fully saturated rings. The van der Waals surface area contributed by atoms with Crippen LogP contribution in [0.3, 0.4) is 0 Å². The number of carbonyl (C=O) groups is 2. The largest absolute Gasteiger partial charge is 0.465 e. The third kappa shape index (κ3) is 6.63. The number of rotatable bonds is 7. The summed E-state index contributed by atoms with van der Waals surface area (Å²) in [5, 5.41) is 11.9. The van der Waals surface area contributed by atoms with Gasteiger partial charge in [-0.2, -0.15) is 13.2 Å². The van der Waals surface area contributed by atoms with Gasteiger partial charge in [-0.1, -0.05) is 12.1 Å². The van der Waals surface area contributed by atoms with Crippen molar-refractivity contribution in [2.24, 2.45) is 0 Å². The monoisotopic (exact) mass is 558 g/mol. The van der Waals surface area contributed by atoms with E-state index in [4.69, 9.17) is 4.74 Å². The average Bonchev–Trinajstić information content (AvgIpc) is 2.93. The Balaban J connectivity index is 1.69. The number of hydrogen-bond acceptors (Lipinski definition) is 5. The molecule has 2 aromatic carbocycles. The zero-order valence-corrected chi connectivity index (χ0v) is 22.0. The highest BCUT2D eigenvalue weighted by Gasteiger charge is 2.31. The van der Waals surface area contributed by atoms with Gasteiger partial charge in [0.05, 0.1) is 18.8 Å².